The monoisotopic (exact) mass is 301 g/mol. The lowest BCUT2D eigenvalue weighted by molar-refractivity contribution is 0.0575. The van der Waals surface area contributed by atoms with Gasteiger partial charge >= 0.3 is 6.09 Å². The molecule has 0 radical (unpaired) electrons. The third-order valence-electron chi connectivity index (χ3n) is 4.90. The number of anilines is 1. The van der Waals surface area contributed by atoms with Crippen LogP contribution in [-0.4, -0.2) is 18.2 Å². The highest BCUT2D eigenvalue weighted by Gasteiger charge is 2.46. The molecule has 0 unspecified atom stereocenters. The first-order valence-corrected chi connectivity index (χ1v) is 8.42. The Bertz CT molecular complexity index is 580. The molecule has 1 aromatic rings. The lowest BCUT2D eigenvalue weighted by atomic mass is 9.70. The van der Waals surface area contributed by atoms with Gasteiger partial charge < -0.3 is 4.74 Å². The van der Waals surface area contributed by atoms with Gasteiger partial charge in [-0.25, -0.2) is 4.79 Å². The Morgan fingerprint density at radius 1 is 1.18 bits per heavy atom. The molecule has 1 amide bonds. The average molecular weight is 301 g/mol. The van der Waals surface area contributed by atoms with Crippen LogP contribution in [0.3, 0.4) is 0 Å². The number of rotatable bonds is 0. The van der Waals surface area contributed by atoms with Crippen molar-refractivity contribution in [3.63, 3.8) is 0 Å². The minimum atomic E-state index is -0.454. The van der Waals surface area contributed by atoms with Crippen LogP contribution in [0.15, 0.2) is 18.2 Å². The summed E-state index contributed by atoms with van der Waals surface area (Å²) in [6, 6.07) is 6.47. The molecule has 120 valence electrons. The maximum Gasteiger partial charge on any atom is 0.414 e. The van der Waals surface area contributed by atoms with Gasteiger partial charge in [0.1, 0.15) is 5.60 Å². The lowest BCUT2D eigenvalue weighted by Gasteiger charge is -2.34. The number of hydrogen-bond donors (Lipinski definition) is 0. The summed E-state index contributed by atoms with van der Waals surface area (Å²) in [5.74, 6) is 0. The number of ether oxygens (including phenoxy) is 1. The van der Waals surface area contributed by atoms with E-state index in [1.54, 1.807) is 0 Å². The molecule has 1 heterocycles. The molecule has 0 atom stereocenters. The third kappa shape index (κ3) is 2.73. The van der Waals surface area contributed by atoms with Gasteiger partial charge in [-0.15, -0.1) is 0 Å². The summed E-state index contributed by atoms with van der Waals surface area (Å²) >= 11 is 0. The summed E-state index contributed by atoms with van der Waals surface area (Å²) in [5.41, 5.74) is 3.38. The second kappa shape index (κ2) is 5.29. The summed E-state index contributed by atoms with van der Waals surface area (Å²) < 4.78 is 5.63. The zero-order valence-electron chi connectivity index (χ0n) is 14.2. The highest BCUT2D eigenvalue weighted by molar-refractivity contribution is 5.91. The molecule has 22 heavy (non-hydrogen) atoms. The van der Waals surface area contributed by atoms with Crippen LogP contribution in [0.5, 0.6) is 0 Å². The average Bonchev–Trinajstić information content (AvgIpc) is 2.72. The van der Waals surface area contributed by atoms with E-state index >= 15 is 0 Å². The van der Waals surface area contributed by atoms with Gasteiger partial charge in [0.2, 0.25) is 0 Å². The highest BCUT2D eigenvalue weighted by atomic mass is 16.6. The van der Waals surface area contributed by atoms with E-state index < -0.39 is 5.60 Å². The van der Waals surface area contributed by atoms with Crippen LogP contribution in [0.25, 0.3) is 0 Å². The second-order valence-corrected chi connectivity index (χ2v) is 7.93. The summed E-state index contributed by atoms with van der Waals surface area (Å²) in [7, 11) is 0. The molecule has 2 aliphatic rings. The molecule has 1 aromatic carbocycles. The molecule has 3 nitrogen and oxygen atoms in total. The van der Waals surface area contributed by atoms with Crippen molar-refractivity contribution in [3.05, 3.63) is 29.3 Å². The van der Waals surface area contributed by atoms with Gasteiger partial charge in [0, 0.05) is 12.0 Å². The summed E-state index contributed by atoms with van der Waals surface area (Å²) in [6.07, 6.45) is 5.99. The fraction of sp³-hybridized carbons (Fsp3) is 0.632. The van der Waals surface area contributed by atoms with Gasteiger partial charge in [0.15, 0.2) is 0 Å². The molecule has 1 saturated carbocycles. The Morgan fingerprint density at radius 2 is 1.86 bits per heavy atom. The largest absolute Gasteiger partial charge is 0.443 e. The summed E-state index contributed by atoms with van der Waals surface area (Å²) in [5, 5.41) is 0. The van der Waals surface area contributed by atoms with Crippen molar-refractivity contribution in [2.45, 2.75) is 70.8 Å². The molecule has 0 aromatic heterocycles. The van der Waals surface area contributed by atoms with Crippen LogP contribution in [0.1, 0.15) is 64.0 Å². The lowest BCUT2D eigenvalue weighted by Crippen LogP contribution is -2.41. The maximum absolute atomic E-state index is 12.6. The number of aryl methyl sites for hydroxylation is 1. The normalized spacial score (nSPS) is 20.1. The van der Waals surface area contributed by atoms with Crippen LogP contribution >= 0.6 is 0 Å². The molecule has 0 bridgehead atoms. The van der Waals surface area contributed by atoms with Crippen LogP contribution in [0.4, 0.5) is 10.5 Å². The van der Waals surface area contributed by atoms with Crippen LogP contribution in [-0.2, 0) is 10.2 Å². The Balaban J connectivity index is 1.97. The van der Waals surface area contributed by atoms with Crippen molar-refractivity contribution in [1.29, 1.82) is 0 Å². The quantitative estimate of drug-likeness (QED) is 0.678. The highest BCUT2D eigenvalue weighted by Crippen LogP contribution is 2.49. The Labute approximate surface area is 133 Å². The minimum absolute atomic E-state index is 0.149. The minimum Gasteiger partial charge on any atom is -0.443 e. The van der Waals surface area contributed by atoms with Crippen molar-refractivity contribution in [3.8, 4) is 0 Å². The van der Waals surface area contributed by atoms with E-state index in [9.17, 15) is 4.79 Å². The van der Waals surface area contributed by atoms with E-state index in [-0.39, 0.29) is 11.5 Å². The van der Waals surface area contributed by atoms with Gasteiger partial charge in [-0.1, -0.05) is 37.0 Å². The first-order valence-electron chi connectivity index (χ1n) is 8.42. The van der Waals surface area contributed by atoms with E-state index in [0.29, 0.717) is 0 Å². The van der Waals surface area contributed by atoms with Crippen LogP contribution in [0.2, 0.25) is 0 Å². The Morgan fingerprint density at radius 3 is 2.50 bits per heavy atom. The second-order valence-electron chi connectivity index (χ2n) is 7.93. The van der Waals surface area contributed by atoms with E-state index in [1.165, 1.54) is 43.2 Å². The van der Waals surface area contributed by atoms with E-state index in [4.69, 9.17) is 4.74 Å². The van der Waals surface area contributed by atoms with Crippen molar-refractivity contribution < 1.29 is 9.53 Å². The van der Waals surface area contributed by atoms with Gasteiger partial charge in [-0.3, -0.25) is 4.90 Å². The predicted molar refractivity (Wildman–Crippen MR) is 89.5 cm³/mol. The van der Waals surface area contributed by atoms with E-state index in [0.717, 1.165) is 12.2 Å². The van der Waals surface area contributed by atoms with Crippen molar-refractivity contribution in [2.24, 2.45) is 0 Å². The molecular formula is C19H27NO2. The molecular weight excluding hydrogens is 274 g/mol. The van der Waals surface area contributed by atoms with Crippen LogP contribution < -0.4 is 4.90 Å². The fourth-order valence-corrected chi connectivity index (χ4v) is 3.92. The van der Waals surface area contributed by atoms with Gasteiger partial charge in [-0.05, 0) is 52.2 Å². The number of hydrogen-bond acceptors (Lipinski definition) is 2. The predicted octanol–water partition coefficient (Wildman–Crippen LogP) is 4.95. The molecule has 1 aliphatic heterocycles. The van der Waals surface area contributed by atoms with E-state index in [1.807, 2.05) is 25.7 Å². The molecule has 0 saturated heterocycles. The third-order valence-corrected chi connectivity index (χ3v) is 4.90. The van der Waals surface area contributed by atoms with Crippen molar-refractivity contribution >= 4 is 11.8 Å². The van der Waals surface area contributed by atoms with Crippen molar-refractivity contribution in [2.75, 3.05) is 11.4 Å². The molecule has 3 rings (SSSR count). The van der Waals surface area contributed by atoms with Gasteiger partial charge in [0.05, 0.1) is 5.69 Å². The molecule has 1 aliphatic carbocycles. The van der Waals surface area contributed by atoms with Crippen molar-refractivity contribution in [1.82, 2.24) is 0 Å². The summed E-state index contributed by atoms with van der Waals surface area (Å²) in [6.45, 7) is 8.68. The first kappa shape index (κ1) is 15.4. The zero-order valence-corrected chi connectivity index (χ0v) is 14.2. The number of nitrogens with zero attached hydrogens (tertiary/aromatic N) is 1. The maximum atomic E-state index is 12.6. The smallest absolute Gasteiger partial charge is 0.414 e. The SMILES string of the molecule is Cc1ccc2c(c1)C1(CCCCC1)CN2C(=O)OC(C)(C)C. The molecule has 1 spiro atoms. The van der Waals surface area contributed by atoms with Crippen LogP contribution in [0, 0.1) is 6.92 Å². The number of carbonyl (C=O) groups excluding carboxylic acids is 1. The Hall–Kier alpha value is -1.51. The standard InChI is InChI=1S/C19H27NO2/c1-14-8-9-16-15(12-14)19(10-6-5-7-11-19)13-20(16)17(21)22-18(2,3)4/h8-9,12H,5-7,10-11,13H2,1-4H3. The number of carbonyl (C=O) groups is 1. The number of fused-ring (bicyclic) bond motifs is 2. The molecule has 0 N–H and O–H groups in total. The topological polar surface area (TPSA) is 29.5 Å². The zero-order chi connectivity index (χ0) is 16.0. The Kier molecular flexibility index (Phi) is 3.70. The number of amides is 1. The van der Waals surface area contributed by atoms with E-state index in [2.05, 4.69) is 25.1 Å². The first-order chi connectivity index (χ1) is 10.3. The molecule has 1 fully saturated rings. The summed E-state index contributed by atoms with van der Waals surface area (Å²) in [4.78, 5) is 14.5. The van der Waals surface area contributed by atoms with Gasteiger partial charge in [-0.2, -0.15) is 0 Å². The number of benzene rings is 1. The van der Waals surface area contributed by atoms with Gasteiger partial charge in [0.25, 0.3) is 0 Å². The molecule has 3 heteroatoms. The fourth-order valence-electron chi connectivity index (χ4n) is 3.92.